The van der Waals surface area contributed by atoms with Crippen LogP contribution in [0.2, 0.25) is 0 Å². The Hall–Kier alpha value is -3.23. The Kier molecular flexibility index (Phi) is 7.36. The van der Waals surface area contributed by atoms with Gasteiger partial charge in [-0.25, -0.2) is 17.5 Å². The number of nitrogens with one attached hydrogen (secondary N) is 2. The van der Waals surface area contributed by atoms with Gasteiger partial charge in [0, 0.05) is 37.7 Å². The molecule has 172 valence electrons. The van der Waals surface area contributed by atoms with Gasteiger partial charge < -0.3 is 10.6 Å². The van der Waals surface area contributed by atoms with E-state index in [2.05, 4.69) is 15.6 Å². The fraction of sp³-hybridized carbons (Fsp3) is 0.280. The van der Waals surface area contributed by atoms with Crippen molar-refractivity contribution in [3.63, 3.8) is 0 Å². The molecule has 0 unspecified atom stereocenters. The standard InChI is InChI=1S/C25H28N4O3S/c30-25(28-23-10-14-26-15-11-23)27-18-20-12-16-29(17-13-20)33(31,32)19-22-8-4-5-9-24(22)21-6-2-1-3-7-21/h1-11,14-15,20H,12-13,16-19H2,(H2,26,27,28,30). The van der Waals surface area contributed by atoms with Crippen molar-refractivity contribution in [2.75, 3.05) is 25.0 Å². The number of nitrogens with zero attached hydrogens (tertiary/aromatic N) is 2. The minimum absolute atomic E-state index is 0.0185. The average molecular weight is 465 g/mol. The number of pyridine rings is 1. The van der Waals surface area contributed by atoms with Crippen molar-refractivity contribution in [3.8, 4) is 11.1 Å². The van der Waals surface area contributed by atoms with Crippen LogP contribution in [0.25, 0.3) is 11.1 Å². The first-order valence-corrected chi connectivity index (χ1v) is 12.7. The molecule has 4 rings (SSSR count). The molecule has 1 aliphatic heterocycles. The van der Waals surface area contributed by atoms with Crippen LogP contribution in [0.3, 0.4) is 0 Å². The third-order valence-electron chi connectivity index (χ3n) is 5.90. The molecule has 0 bridgehead atoms. The van der Waals surface area contributed by atoms with Gasteiger partial charge in [0.1, 0.15) is 0 Å². The first-order valence-electron chi connectivity index (χ1n) is 11.1. The second kappa shape index (κ2) is 10.6. The summed E-state index contributed by atoms with van der Waals surface area (Å²) in [4.78, 5) is 16.0. The number of amides is 2. The van der Waals surface area contributed by atoms with E-state index in [1.807, 2.05) is 54.6 Å². The first-order chi connectivity index (χ1) is 16.0. The summed E-state index contributed by atoms with van der Waals surface area (Å²) < 4.78 is 27.9. The molecule has 0 spiro atoms. The van der Waals surface area contributed by atoms with E-state index in [1.54, 1.807) is 28.8 Å². The maximum absolute atomic E-state index is 13.2. The van der Waals surface area contributed by atoms with E-state index >= 15 is 0 Å². The van der Waals surface area contributed by atoms with E-state index in [0.29, 0.717) is 25.3 Å². The number of hydrogen-bond donors (Lipinski definition) is 2. The van der Waals surface area contributed by atoms with Crippen LogP contribution < -0.4 is 10.6 Å². The Labute approximate surface area is 194 Å². The van der Waals surface area contributed by atoms with E-state index in [4.69, 9.17) is 0 Å². The number of anilines is 1. The Bertz CT molecular complexity index is 1160. The number of piperidine rings is 1. The molecule has 0 aliphatic carbocycles. The van der Waals surface area contributed by atoms with Gasteiger partial charge in [0.05, 0.1) is 5.75 Å². The van der Waals surface area contributed by atoms with Crippen LogP contribution in [0.4, 0.5) is 10.5 Å². The summed E-state index contributed by atoms with van der Waals surface area (Å²) in [7, 11) is -3.43. The number of urea groups is 1. The Morgan fingerprint density at radius 1 is 0.939 bits per heavy atom. The lowest BCUT2D eigenvalue weighted by Gasteiger charge is -2.31. The topological polar surface area (TPSA) is 91.4 Å². The zero-order valence-electron chi connectivity index (χ0n) is 18.4. The molecule has 33 heavy (non-hydrogen) atoms. The number of aromatic nitrogens is 1. The quantitative estimate of drug-likeness (QED) is 0.550. The number of carbonyl (C=O) groups excluding carboxylic acids is 1. The number of rotatable bonds is 7. The van der Waals surface area contributed by atoms with Gasteiger partial charge in [-0.3, -0.25) is 4.98 Å². The van der Waals surface area contributed by atoms with Crippen LogP contribution in [0.1, 0.15) is 18.4 Å². The Balaban J connectivity index is 1.30. The minimum atomic E-state index is -3.43. The zero-order chi connectivity index (χ0) is 23.1. The lowest BCUT2D eigenvalue weighted by atomic mass is 9.98. The average Bonchev–Trinajstić information content (AvgIpc) is 2.84. The fourth-order valence-electron chi connectivity index (χ4n) is 4.07. The summed E-state index contributed by atoms with van der Waals surface area (Å²) in [5.74, 6) is 0.228. The molecular formula is C25H28N4O3S. The summed E-state index contributed by atoms with van der Waals surface area (Å²) in [6.07, 6.45) is 4.66. The largest absolute Gasteiger partial charge is 0.338 e. The van der Waals surface area contributed by atoms with Gasteiger partial charge in [0.25, 0.3) is 0 Å². The van der Waals surface area contributed by atoms with Crippen LogP contribution in [0.15, 0.2) is 79.1 Å². The molecule has 1 aromatic heterocycles. The summed E-state index contributed by atoms with van der Waals surface area (Å²) in [5.41, 5.74) is 3.44. The van der Waals surface area contributed by atoms with Crippen LogP contribution in [-0.2, 0) is 15.8 Å². The molecule has 0 atom stereocenters. The smallest absolute Gasteiger partial charge is 0.319 e. The van der Waals surface area contributed by atoms with E-state index in [0.717, 1.165) is 29.5 Å². The van der Waals surface area contributed by atoms with E-state index in [-0.39, 0.29) is 17.7 Å². The SMILES string of the molecule is O=C(NCC1CCN(S(=O)(=O)Cc2ccccc2-c2ccccc2)CC1)Nc1ccncc1. The molecule has 2 amide bonds. The molecule has 3 aromatic rings. The monoisotopic (exact) mass is 464 g/mol. The van der Waals surface area contributed by atoms with Crippen molar-refractivity contribution in [3.05, 3.63) is 84.7 Å². The Morgan fingerprint density at radius 2 is 1.61 bits per heavy atom. The first kappa shape index (κ1) is 22.9. The van der Waals surface area contributed by atoms with Gasteiger partial charge in [-0.05, 0) is 47.6 Å². The molecule has 8 heteroatoms. The van der Waals surface area contributed by atoms with Gasteiger partial charge in [0.15, 0.2) is 0 Å². The normalized spacial score (nSPS) is 15.2. The maximum Gasteiger partial charge on any atom is 0.319 e. The molecule has 7 nitrogen and oxygen atoms in total. The van der Waals surface area contributed by atoms with E-state index < -0.39 is 10.0 Å². The predicted octanol–water partition coefficient (Wildman–Crippen LogP) is 4.11. The highest BCUT2D eigenvalue weighted by Gasteiger charge is 2.29. The number of sulfonamides is 1. The molecule has 2 aromatic carbocycles. The molecule has 1 saturated heterocycles. The second-order valence-corrected chi connectivity index (χ2v) is 10.2. The lowest BCUT2D eigenvalue weighted by Crippen LogP contribution is -2.42. The molecule has 1 fully saturated rings. The maximum atomic E-state index is 13.2. The summed E-state index contributed by atoms with van der Waals surface area (Å²) in [6, 6.07) is 20.7. The summed E-state index contributed by atoms with van der Waals surface area (Å²) in [6.45, 7) is 1.45. The van der Waals surface area contributed by atoms with Gasteiger partial charge in [-0.15, -0.1) is 0 Å². The van der Waals surface area contributed by atoms with Gasteiger partial charge in [-0.1, -0.05) is 54.6 Å². The molecule has 0 saturated carbocycles. The van der Waals surface area contributed by atoms with Crippen molar-refractivity contribution < 1.29 is 13.2 Å². The predicted molar refractivity (Wildman–Crippen MR) is 130 cm³/mol. The highest BCUT2D eigenvalue weighted by molar-refractivity contribution is 7.88. The third kappa shape index (κ3) is 6.18. The third-order valence-corrected chi connectivity index (χ3v) is 7.72. The van der Waals surface area contributed by atoms with Gasteiger partial charge >= 0.3 is 6.03 Å². The van der Waals surface area contributed by atoms with Crippen LogP contribution in [0, 0.1) is 5.92 Å². The number of carbonyl (C=O) groups is 1. The highest BCUT2D eigenvalue weighted by atomic mass is 32.2. The molecular weight excluding hydrogens is 436 g/mol. The van der Waals surface area contributed by atoms with Crippen molar-refractivity contribution in [1.82, 2.24) is 14.6 Å². The summed E-state index contributed by atoms with van der Waals surface area (Å²) in [5, 5.41) is 5.65. The van der Waals surface area contributed by atoms with Crippen LogP contribution in [0.5, 0.6) is 0 Å². The Morgan fingerprint density at radius 3 is 2.33 bits per heavy atom. The number of benzene rings is 2. The molecule has 1 aliphatic rings. The van der Waals surface area contributed by atoms with Gasteiger partial charge in [-0.2, -0.15) is 0 Å². The van der Waals surface area contributed by atoms with Crippen molar-refractivity contribution in [2.45, 2.75) is 18.6 Å². The van der Waals surface area contributed by atoms with E-state index in [9.17, 15) is 13.2 Å². The highest BCUT2D eigenvalue weighted by Crippen LogP contribution is 2.27. The van der Waals surface area contributed by atoms with Gasteiger partial charge in [0.2, 0.25) is 10.0 Å². The minimum Gasteiger partial charge on any atom is -0.338 e. The summed E-state index contributed by atoms with van der Waals surface area (Å²) >= 11 is 0. The second-order valence-electron chi connectivity index (χ2n) is 8.19. The number of hydrogen-bond acceptors (Lipinski definition) is 4. The molecule has 2 heterocycles. The van der Waals surface area contributed by atoms with E-state index in [1.165, 1.54) is 0 Å². The zero-order valence-corrected chi connectivity index (χ0v) is 19.2. The molecule has 0 radical (unpaired) electrons. The van der Waals surface area contributed by atoms with Crippen LogP contribution in [-0.4, -0.2) is 43.4 Å². The van der Waals surface area contributed by atoms with Crippen LogP contribution >= 0.6 is 0 Å². The van der Waals surface area contributed by atoms with Crippen molar-refractivity contribution >= 4 is 21.7 Å². The fourth-order valence-corrected chi connectivity index (χ4v) is 5.67. The lowest BCUT2D eigenvalue weighted by molar-refractivity contribution is 0.240. The molecule has 2 N–H and O–H groups in total. The van der Waals surface area contributed by atoms with Crippen molar-refractivity contribution in [1.29, 1.82) is 0 Å². The van der Waals surface area contributed by atoms with Crippen molar-refractivity contribution in [2.24, 2.45) is 5.92 Å².